The van der Waals surface area contributed by atoms with E-state index < -0.39 is 11.9 Å². The van der Waals surface area contributed by atoms with Crippen molar-refractivity contribution < 1.29 is 22.7 Å². The topological polar surface area (TPSA) is 54.8 Å². The standard InChI is InChI=1S/C23H28F3N3O2/c1-5-11-27-22(18-9-12-29(13-10-18)15-16(3)17(4)30)20(6-2)31-19-7-8-21(28-14-19)23(24,25)26/h5-8,11,14,18H,3,9-10,12-13,15H2,1-2,4H3/b11-5-,20-6?,27-22?. The van der Waals surface area contributed by atoms with Crippen molar-refractivity contribution in [2.24, 2.45) is 10.9 Å². The molecule has 0 amide bonds. The Morgan fingerprint density at radius 1 is 1.32 bits per heavy atom. The minimum absolute atomic E-state index is 0.00721. The number of Topliss-reactive ketones (excluding diaryl/α,β-unsaturated/α-hetero) is 1. The molecule has 5 nitrogen and oxygen atoms in total. The van der Waals surface area contributed by atoms with Gasteiger partial charge in [0.2, 0.25) is 0 Å². The van der Waals surface area contributed by atoms with Crippen LogP contribution in [-0.2, 0) is 11.0 Å². The Morgan fingerprint density at radius 2 is 2.00 bits per heavy atom. The lowest BCUT2D eigenvalue weighted by Crippen LogP contribution is -2.38. The Kier molecular flexibility index (Phi) is 8.74. The van der Waals surface area contributed by atoms with Crippen LogP contribution in [0.15, 0.2) is 59.6 Å². The van der Waals surface area contributed by atoms with Gasteiger partial charge >= 0.3 is 6.18 Å². The van der Waals surface area contributed by atoms with Gasteiger partial charge in [0.05, 0.1) is 11.9 Å². The molecule has 2 heterocycles. The SMILES string of the molecule is C=C(CN1CCC(C(=N/C=C\C)C(=CC)Oc2ccc(C(F)(F)F)nc2)CC1)C(C)=O. The van der Waals surface area contributed by atoms with E-state index in [4.69, 9.17) is 4.74 Å². The molecular formula is C23H28F3N3O2. The summed E-state index contributed by atoms with van der Waals surface area (Å²) in [5.41, 5.74) is 0.364. The third-order valence-electron chi connectivity index (χ3n) is 5.02. The predicted molar refractivity (Wildman–Crippen MR) is 115 cm³/mol. The first-order valence-corrected chi connectivity index (χ1v) is 10.1. The quantitative estimate of drug-likeness (QED) is 0.319. The number of allylic oxidation sites excluding steroid dienone is 3. The number of ether oxygens (including phenoxy) is 1. The summed E-state index contributed by atoms with van der Waals surface area (Å²) in [7, 11) is 0. The summed E-state index contributed by atoms with van der Waals surface area (Å²) in [4.78, 5) is 21.6. The third-order valence-corrected chi connectivity index (χ3v) is 5.02. The number of carbonyl (C=O) groups excluding carboxylic acids is 1. The van der Waals surface area contributed by atoms with Gasteiger partial charge in [-0.25, -0.2) is 4.98 Å². The molecule has 0 unspecified atom stereocenters. The fourth-order valence-electron chi connectivity index (χ4n) is 3.27. The lowest BCUT2D eigenvalue weighted by Gasteiger charge is -2.33. The largest absolute Gasteiger partial charge is 0.454 e. The number of alkyl halides is 3. The van der Waals surface area contributed by atoms with Crippen LogP contribution in [0.4, 0.5) is 13.2 Å². The summed E-state index contributed by atoms with van der Waals surface area (Å²) in [5, 5.41) is 0. The van der Waals surface area contributed by atoms with Crippen molar-refractivity contribution in [3.05, 3.63) is 60.3 Å². The number of carbonyl (C=O) groups is 1. The molecule has 0 N–H and O–H groups in total. The number of hydrogen-bond acceptors (Lipinski definition) is 5. The molecule has 2 rings (SSSR count). The molecule has 0 saturated carbocycles. The maximum atomic E-state index is 12.7. The minimum Gasteiger partial charge on any atom is -0.454 e. The van der Waals surface area contributed by atoms with E-state index in [-0.39, 0.29) is 17.5 Å². The zero-order valence-electron chi connectivity index (χ0n) is 18.1. The lowest BCUT2D eigenvalue weighted by atomic mass is 9.90. The number of hydrogen-bond donors (Lipinski definition) is 0. The van der Waals surface area contributed by atoms with Crippen molar-refractivity contribution in [3.63, 3.8) is 0 Å². The van der Waals surface area contributed by atoms with Crippen LogP contribution < -0.4 is 4.74 Å². The highest BCUT2D eigenvalue weighted by Gasteiger charge is 2.32. The van der Waals surface area contributed by atoms with Crippen LogP contribution in [0.5, 0.6) is 5.75 Å². The van der Waals surface area contributed by atoms with Crippen LogP contribution in [0.2, 0.25) is 0 Å². The molecule has 1 aliphatic rings. The normalized spacial score (nSPS) is 17.2. The van der Waals surface area contributed by atoms with Crippen LogP contribution in [0, 0.1) is 5.92 Å². The van der Waals surface area contributed by atoms with Gasteiger partial charge in [0, 0.05) is 24.2 Å². The van der Waals surface area contributed by atoms with Crippen molar-refractivity contribution in [3.8, 4) is 5.75 Å². The Labute approximate surface area is 181 Å². The van der Waals surface area contributed by atoms with Crippen LogP contribution in [-0.4, -0.2) is 41.0 Å². The van der Waals surface area contributed by atoms with Gasteiger partial charge in [-0.05, 0) is 64.9 Å². The second-order valence-electron chi connectivity index (χ2n) is 7.34. The Hall–Kier alpha value is -2.74. The maximum Gasteiger partial charge on any atom is 0.433 e. The first-order chi connectivity index (χ1) is 14.7. The van der Waals surface area contributed by atoms with Gasteiger partial charge in [0.1, 0.15) is 17.2 Å². The summed E-state index contributed by atoms with van der Waals surface area (Å²) in [5.74, 6) is 0.814. The number of piperidine rings is 1. The second kappa shape index (κ2) is 11.0. The van der Waals surface area contributed by atoms with E-state index in [1.807, 2.05) is 6.92 Å². The van der Waals surface area contributed by atoms with Gasteiger partial charge in [-0.15, -0.1) is 0 Å². The van der Waals surface area contributed by atoms with E-state index in [1.54, 1.807) is 25.3 Å². The fraction of sp³-hybridized carbons (Fsp3) is 0.435. The van der Waals surface area contributed by atoms with Crippen molar-refractivity contribution in [2.45, 2.75) is 39.8 Å². The summed E-state index contributed by atoms with van der Waals surface area (Å²) in [6.07, 6.45) is 3.43. The zero-order valence-corrected chi connectivity index (χ0v) is 18.1. The number of nitrogens with zero attached hydrogens (tertiary/aromatic N) is 3. The average molecular weight is 435 g/mol. The first kappa shape index (κ1) is 24.5. The highest BCUT2D eigenvalue weighted by atomic mass is 19.4. The van der Waals surface area contributed by atoms with Crippen LogP contribution in [0.3, 0.4) is 0 Å². The van der Waals surface area contributed by atoms with Crippen molar-refractivity contribution in [2.75, 3.05) is 19.6 Å². The molecule has 0 atom stereocenters. The molecule has 0 spiro atoms. The Bertz CT molecular complexity index is 863. The Balaban J connectivity index is 2.12. The summed E-state index contributed by atoms with van der Waals surface area (Å²) >= 11 is 0. The van der Waals surface area contributed by atoms with Gasteiger partial charge < -0.3 is 4.74 Å². The molecule has 1 aromatic heterocycles. The molecule has 31 heavy (non-hydrogen) atoms. The third kappa shape index (κ3) is 7.17. The molecule has 1 fully saturated rings. The molecular weight excluding hydrogens is 407 g/mol. The monoisotopic (exact) mass is 435 g/mol. The van der Waals surface area contributed by atoms with E-state index in [0.29, 0.717) is 17.9 Å². The number of aromatic nitrogens is 1. The number of likely N-dealkylation sites (tertiary alicyclic amines) is 1. The predicted octanol–water partition coefficient (Wildman–Crippen LogP) is 5.21. The number of aliphatic imine (C=N–C) groups is 1. The molecule has 168 valence electrons. The van der Waals surface area contributed by atoms with E-state index >= 15 is 0 Å². The minimum atomic E-state index is -4.50. The van der Waals surface area contributed by atoms with Crippen LogP contribution >= 0.6 is 0 Å². The van der Waals surface area contributed by atoms with E-state index in [9.17, 15) is 18.0 Å². The van der Waals surface area contributed by atoms with Gasteiger partial charge in [-0.3, -0.25) is 14.7 Å². The summed E-state index contributed by atoms with van der Waals surface area (Å²) in [6.45, 7) is 11.1. The van der Waals surface area contributed by atoms with Crippen molar-refractivity contribution in [1.29, 1.82) is 0 Å². The van der Waals surface area contributed by atoms with E-state index in [2.05, 4.69) is 21.5 Å². The van der Waals surface area contributed by atoms with Gasteiger partial charge in [0.25, 0.3) is 0 Å². The molecule has 0 aliphatic carbocycles. The Morgan fingerprint density at radius 3 is 2.48 bits per heavy atom. The average Bonchev–Trinajstić information content (AvgIpc) is 2.73. The van der Waals surface area contributed by atoms with Crippen molar-refractivity contribution in [1.82, 2.24) is 9.88 Å². The molecule has 0 bridgehead atoms. The van der Waals surface area contributed by atoms with Crippen LogP contribution in [0.1, 0.15) is 39.3 Å². The van der Waals surface area contributed by atoms with Gasteiger partial charge in [0.15, 0.2) is 5.78 Å². The second-order valence-corrected chi connectivity index (χ2v) is 7.34. The van der Waals surface area contributed by atoms with Gasteiger partial charge in [-0.1, -0.05) is 12.7 Å². The number of rotatable bonds is 8. The molecule has 1 aromatic rings. The van der Waals surface area contributed by atoms with Gasteiger partial charge in [-0.2, -0.15) is 13.2 Å². The molecule has 1 aliphatic heterocycles. The molecule has 1 saturated heterocycles. The highest BCUT2D eigenvalue weighted by molar-refractivity contribution is 6.01. The molecule has 0 radical (unpaired) electrons. The van der Waals surface area contributed by atoms with E-state index in [1.165, 1.54) is 13.0 Å². The summed E-state index contributed by atoms with van der Waals surface area (Å²) < 4.78 is 44.1. The lowest BCUT2D eigenvalue weighted by molar-refractivity contribution is -0.141. The number of ketones is 1. The maximum absolute atomic E-state index is 12.7. The van der Waals surface area contributed by atoms with E-state index in [0.717, 1.165) is 43.9 Å². The first-order valence-electron chi connectivity index (χ1n) is 10.1. The molecule has 8 heteroatoms. The number of pyridine rings is 1. The van der Waals surface area contributed by atoms with Crippen LogP contribution in [0.25, 0.3) is 0 Å². The van der Waals surface area contributed by atoms with Crippen molar-refractivity contribution >= 4 is 11.5 Å². The zero-order chi connectivity index (χ0) is 23.0. The summed E-state index contributed by atoms with van der Waals surface area (Å²) in [6, 6.07) is 2.15. The number of halogens is 3. The smallest absolute Gasteiger partial charge is 0.433 e. The highest BCUT2D eigenvalue weighted by Crippen LogP contribution is 2.29. The molecule has 0 aromatic carbocycles. The fourth-order valence-corrected chi connectivity index (χ4v) is 3.27.